The highest BCUT2D eigenvalue weighted by molar-refractivity contribution is 9.10. The van der Waals surface area contributed by atoms with Gasteiger partial charge in [-0.1, -0.05) is 5.16 Å². The van der Waals surface area contributed by atoms with E-state index in [0.717, 1.165) is 12.8 Å². The Balaban J connectivity index is 2.10. The van der Waals surface area contributed by atoms with Gasteiger partial charge in [-0.2, -0.15) is 0 Å². The van der Waals surface area contributed by atoms with Crippen LogP contribution in [-0.2, 0) is 0 Å². The van der Waals surface area contributed by atoms with Crippen molar-refractivity contribution in [1.29, 1.82) is 0 Å². The molecule has 1 aliphatic rings. The molecule has 0 bridgehead atoms. The van der Waals surface area contributed by atoms with Crippen LogP contribution in [0.15, 0.2) is 26.6 Å². The highest BCUT2D eigenvalue weighted by atomic mass is 79.9. The number of nitrogens with zero attached hydrogens (tertiary/aromatic N) is 2. The third kappa shape index (κ3) is 2.50. The summed E-state index contributed by atoms with van der Waals surface area (Å²) in [7, 11) is 0. The lowest BCUT2D eigenvalue weighted by Gasteiger charge is -2.31. The first-order chi connectivity index (χ1) is 8.63. The number of piperidine rings is 1. The molecule has 1 aromatic rings. The number of likely N-dealkylation sites (tertiary alicyclic amines) is 1. The summed E-state index contributed by atoms with van der Waals surface area (Å²) < 4.78 is 5.48. The number of amides is 1. The average molecular weight is 316 g/mol. The van der Waals surface area contributed by atoms with Gasteiger partial charge in [-0.25, -0.2) is 0 Å². The van der Waals surface area contributed by atoms with Crippen LogP contribution in [0.5, 0.6) is 0 Å². The fourth-order valence-electron chi connectivity index (χ4n) is 2.10. The minimum absolute atomic E-state index is 0.0848. The van der Waals surface area contributed by atoms with Crippen molar-refractivity contribution in [3.8, 4) is 0 Å². The summed E-state index contributed by atoms with van der Waals surface area (Å²) in [5.74, 6) is -0.0109. The Bertz CT molecular complexity index is 472. The predicted octanol–water partition coefficient (Wildman–Crippen LogP) is 1.64. The van der Waals surface area contributed by atoms with Crippen LogP contribution in [0.3, 0.4) is 0 Å². The van der Waals surface area contributed by atoms with E-state index in [1.165, 1.54) is 6.26 Å². The number of hydrogen-bond donors (Lipinski definition) is 2. The molecule has 18 heavy (non-hydrogen) atoms. The zero-order chi connectivity index (χ0) is 13.1. The molecular weight excluding hydrogens is 302 g/mol. The van der Waals surface area contributed by atoms with Crippen molar-refractivity contribution >= 4 is 27.7 Å². The van der Waals surface area contributed by atoms with Crippen LogP contribution in [0.4, 0.5) is 0 Å². The molecule has 1 aromatic heterocycles. The standard InChI is InChI=1S/C11H14BrN3O3/c12-9-8(3-5-18-9)11(16)15-4-1-2-7(6-15)10(13)14-17/h3,5,7,17H,1-2,4,6H2,(H2,13,14). The van der Waals surface area contributed by atoms with E-state index < -0.39 is 0 Å². The molecule has 1 aliphatic heterocycles. The van der Waals surface area contributed by atoms with E-state index in [1.807, 2.05) is 0 Å². The molecule has 0 radical (unpaired) electrons. The predicted molar refractivity (Wildman–Crippen MR) is 68.4 cm³/mol. The van der Waals surface area contributed by atoms with Crippen molar-refractivity contribution in [1.82, 2.24) is 4.90 Å². The second kappa shape index (κ2) is 5.43. The van der Waals surface area contributed by atoms with E-state index in [1.54, 1.807) is 11.0 Å². The highest BCUT2D eigenvalue weighted by Gasteiger charge is 2.28. The number of amidine groups is 1. The molecular formula is C11H14BrN3O3. The van der Waals surface area contributed by atoms with E-state index >= 15 is 0 Å². The van der Waals surface area contributed by atoms with Gasteiger partial charge >= 0.3 is 0 Å². The lowest BCUT2D eigenvalue weighted by atomic mass is 9.96. The Morgan fingerprint density at radius 1 is 1.67 bits per heavy atom. The summed E-state index contributed by atoms with van der Waals surface area (Å²) >= 11 is 3.19. The number of hydrogen-bond acceptors (Lipinski definition) is 4. The van der Waals surface area contributed by atoms with Gasteiger partial charge in [0.05, 0.1) is 11.8 Å². The van der Waals surface area contributed by atoms with Crippen LogP contribution in [-0.4, -0.2) is 34.9 Å². The van der Waals surface area contributed by atoms with Crippen molar-refractivity contribution in [2.75, 3.05) is 13.1 Å². The number of carbonyl (C=O) groups excluding carboxylic acids is 1. The minimum atomic E-state index is -0.105. The largest absolute Gasteiger partial charge is 0.457 e. The Morgan fingerprint density at radius 2 is 2.44 bits per heavy atom. The summed E-state index contributed by atoms with van der Waals surface area (Å²) in [5, 5.41) is 11.7. The second-order valence-corrected chi connectivity index (χ2v) is 4.94. The smallest absolute Gasteiger partial charge is 0.258 e. The fraction of sp³-hybridized carbons (Fsp3) is 0.455. The summed E-state index contributed by atoms with van der Waals surface area (Å²) in [6, 6.07) is 1.62. The number of furan rings is 1. The third-order valence-electron chi connectivity index (χ3n) is 3.09. The van der Waals surface area contributed by atoms with Crippen LogP contribution in [0.1, 0.15) is 23.2 Å². The maximum Gasteiger partial charge on any atom is 0.258 e. The van der Waals surface area contributed by atoms with Gasteiger partial charge < -0.3 is 20.3 Å². The maximum absolute atomic E-state index is 12.2. The van der Waals surface area contributed by atoms with E-state index in [9.17, 15) is 4.79 Å². The fourth-order valence-corrected chi connectivity index (χ4v) is 2.51. The van der Waals surface area contributed by atoms with Gasteiger partial charge in [-0.15, -0.1) is 0 Å². The molecule has 6 nitrogen and oxygen atoms in total. The summed E-state index contributed by atoms with van der Waals surface area (Å²) in [4.78, 5) is 13.9. The van der Waals surface area contributed by atoms with Gasteiger partial charge in [0.2, 0.25) is 0 Å². The zero-order valence-corrected chi connectivity index (χ0v) is 11.3. The molecule has 1 saturated heterocycles. The number of rotatable bonds is 2. The molecule has 3 N–H and O–H groups in total. The van der Waals surface area contributed by atoms with E-state index in [2.05, 4.69) is 21.1 Å². The maximum atomic E-state index is 12.2. The van der Waals surface area contributed by atoms with Gasteiger partial charge in [0.25, 0.3) is 5.91 Å². The molecule has 2 rings (SSSR count). The molecule has 0 spiro atoms. The minimum Gasteiger partial charge on any atom is -0.457 e. The van der Waals surface area contributed by atoms with Crippen LogP contribution in [0.25, 0.3) is 0 Å². The van der Waals surface area contributed by atoms with E-state index in [0.29, 0.717) is 23.3 Å². The third-order valence-corrected chi connectivity index (χ3v) is 3.70. The Hall–Kier alpha value is -1.50. The first-order valence-electron chi connectivity index (χ1n) is 5.63. The number of nitrogens with two attached hydrogens (primary N) is 1. The Labute approximate surface area is 113 Å². The molecule has 0 saturated carbocycles. The molecule has 0 aliphatic carbocycles. The molecule has 0 aromatic carbocycles. The SMILES string of the molecule is N/C(=N/O)C1CCCN(C(=O)c2ccoc2Br)C1. The molecule has 1 amide bonds. The van der Waals surface area contributed by atoms with Gasteiger partial charge in [-0.05, 0) is 34.8 Å². The quantitative estimate of drug-likeness (QED) is 0.375. The first kappa shape index (κ1) is 12.9. The van der Waals surface area contributed by atoms with Crippen LogP contribution >= 0.6 is 15.9 Å². The highest BCUT2D eigenvalue weighted by Crippen LogP contribution is 2.23. The number of oxime groups is 1. The summed E-state index contributed by atoms with van der Waals surface area (Å²) in [6.45, 7) is 1.14. The molecule has 1 unspecified atom stereocenters. The molecule has 7 heteroatoms. The second-order valence-electron chi connectivity index (χ2n) is 4.22. The van der Waals surface area contributed by atoms with Crippen LogP contribution in [0, 0.1) is 5.92 Å². The van der Waals surface area contributed by atoms with Crippen molar-refractivity contribution in [3.63, 3.8) is 0 Å². The molecule has 1 fully saturated rings. The van der Waals surface area contributed by atoms with Crippen molar-refractivity contribution in [3.05, 3.63) is 22.6 Å². The summed E-state index contributed by atoms with van der Waals surface area (Å²) in [5.41, 5.74) is 6.09. The monoisotopic (exact) mass is 315 g/mol. The van der Waals surface area contributed by atoms with Crippen molar-refractivity contribution in [2.45, 2.75) is 12.8 Å². The first-order valence-corrected chi connectivity index (χ1v) is 6.42. The van der Waals surface area contributed by atoms with Crippen LogP contribution < -0.4 is 5.73 Å². The van der Waals surface area contributed by atoms with Crippen molar-refractivity contribution in [2.24, 2.45) is 16.8 Å². The Morgan fingerprint density at radius 3 is 3.06 bits per heavy atom. The van der Waals surface area contributed by atoms with Gasteiger partial charge in [0, 0.05) is 19.0 Å². The topological polar surface area (TPSA) is 92.1 Å². The lowest BCUT2D eigenvalue weighted by Crippen LogP contribution is -2.44. The average Bonchev–Trinajstić information content (AvgIpc) is 2.83. The van der Waals surface area contributed by atoms with E-state index in [-0.39, 0.29) is 17.7 Å². The van der Waals surface area contributed by atoms with E-state index in [4.69, 9.17) is 15.4 Å². The molecule has 2 heterocycles. The lowest BCUT2D eigenvalue weighted by molar-refractivity contribution is 0.0699. The Kier molecular flexibility index (Phi) is 3.90. The molecule has 1 atom stereocenters. The van der Waals surface area contributed by atoms with Crippen molar-refractivity contribution < 1.29 is 14.4 Å². The normalized spacial score (nSPS) is 21.1. The van der Waals surface area contributed by atoms with Gasteiger partial charge in [0.15, 0.2) is 4.67 Å². The number of carbonyl (C=O) groups is 1. The van der Waals surface area contributed by atoms with Gasteiger partial charge in [0.1, 0.15) is 5.84 Å². The molecule has 98 valence electrons. The van der Waals surface area contributed by atoms with Gasteiger partial charge in [-0.3, -0.25) is 4.79 Å². The number of halogens is 1. The zero-order valence-electron chi connectivity index (χ0n) is 9.67. The van der Waals surface area contributed by atoms with Crippen LogP contribution in [0.2, 0.25) is 0 Å². The summed E-state index contributed by atoms with van der Waals surface area (Å²) in [6.07, 6.45) is 3.12.